The minimum absolute atomic E-state index is 0.129. The summed E-state index contributed by atoms with van der Waals surface area (Å²) in [6.45, 7) is 2.16. The van der Waals surface area contributed by atoms with E-state index in [1.807, 2.05) is 6.92 Å². The van der Waals surface area contributed by atoms with Crippen LogP contribution in [0.15, 0.2) is 45.3 Å². The number of hydrogen-bond acceptors (Lipinski definition) is 4. The molecule has 0 atom stereocenters. The molecule has 0 fully saturated rings. The van der Waals surface area contributed by atoms with Crippen LogP contribution in [-0.2, 0) is 19.3 Å². The van der Waals surface area contributed by atoms with Crippen LogP contribution in [0.3, 0.4) is 0 Å². The summed E-state index contributed by atoms with van der Waals surface area (Å²) in [5.41, 5.74) is -0.759. The zero-order valence-electron chi connectivity index (χ0n) is 14.7. The van der Waals surface area contributed by atoms with E-state index in [1.165, 1.54) is 32.4 Å². The first-order valence-corrected chi connectivity index (χ1v) is 9.45. The molecule has 1 aromatic carbocycles. The Morgan fingerprint density at radius 1 is 1.18 bits per heavy atom. The molecule has 3 heterocycles. The lowest BCUT2D eigenvalue weighted by Gasteiger charge is -2.08. The molecule has 0 aliphatic rings. The van der Waals surface area contributed by atoms with Gasteiger partial charge in [-0.15, -0.1) is 16.4 Å². The fraction of sp³-hybridized carbons (Fsp3) is 0.278. The zero-order valence-corrected chi connectivity index (χ0v) is 15.5. The molecule has 0 N–H and O–H groups in total. The summed E-state index contributed by atoms with van der Waals surface area (Å²) in [6.07, 6.45) is -3.80. The monoisotopic (exact) mass is 408 g/mol. The summed E-state index contributed by atoms with van der Waals surface area (Å²) in [5.74, 6) is 0.190. The van der Waals surface area contributed by atoms with Gasteiger partial charge in [0.15, 0.2) is 0 Å². The maximum atomic E-state index is 12.9. The highest BCUT2D eigenvalue weighted by Gasteiger charge is 2.30. The molecule has 4 rings (SSSR count). The highest BCUT2D eigenvalue weighted by molar-refractivity contribution is 7.17. The Bertz CT molecular complexity index is 1300. The Labute approximate surface area is 160 Å². The summed E-state index contributed by atoms with van der Waals surface area (Å²) in [5, 5.41) is 5.98. The number of fused-ring (bicyclic) bond motifs is 3. The Morgan fingerprint density at radius 3 is 2.68 bits per heavy atom. The third-order valence-corrected chi connectivity index (χ3v) is 5.31. The van der Waals surface area contributed by atoms with Crippen molar-refractivity contribution in [3.63, 3.8) is 0 Å². The number of rotatable bonds is 4. The Morgan fingerprint density at radius 2 is 1.96 bits per heavy atom. The molecule has 0 spiro atoms. The molecule has 28 heavy (non-hydrogen) atoms. The Hall–Kier alpha value is -2.88. The van der Waals surface area contributed by atoms with E-state index in [2.05, 4.69) is 5.10 Å². The van der Waals surface area contributed by atoms with Gasteiger partial charge in [-0.25, -0.2) is 13.9 Å². The number of aryl methyl sites for hydroxylation is 1. The third kappa shape index (κ3) is 2.93. The van der Waals surface area contributed by atoms with Gasteiger partial charge >= 0.3 is 11.9 Å². The SMILES string of the molecule is CCCn1c(=O)c2sccc2n2c(=O)n(Cc3cccc(C(F)(F)F)c3)nc12. The molecule has 0 saturated carbocycles. The summed E-state index contributed by atoms with van der Waals surface area (Å²) in [6, 6.07) is 6.44. The molecule has 10 heteroatoms. The smallest absolute Gasteiger partial charge is 0.276 e. The molecule has 0 amide bonds. The third-order valence-electron chi connectivity index (χ3n) is 4.42. The van der Waals surface area contributed by atoms with Crippen LogP contribution < -0.4 is 11.2 Å². The van der Waals surface area contributed by atoms with Gasteiger partial charge in [0.2, 0.25) is 5.78 Å². The van der Waals surface area contributed by atoms with Crippen molar-refractivity contribution in [3.8, 4) is 0 Å². The number of nitrogens with zero attached hydrogens (tertiary/aromatic N) is 4. The molecule has 0 saturated heterocycles. The normalized spacial score (nSPS) is 12.3. The first-order valence-electron chi connectivity index (χ1n) is 8.57. The topological polar surface area (TPSA) is 61.3 Å². The number of thiophene rings is 1. The predicted molar refractivity (Wildman–Crippen MR) is 99.9 cm³/mol. The van der Waals surface area contributed by atoms with E-state index >= 15 is 0 Å². The van der Waals surface area contributed by atoms with Crippen molar-refractivity contribution in [2.45, 2.75) is 32.6 Å². The minimum Gasteiger partial charge on any atom is -0.276 e. The van der Waals surface area contributed by atoms with Gasteiger partial charge in [-0.1, -0.05) is 19.1 Å². The Kier molecular flexibility index (Phi) is 4.37. The van der Waals surface area contributed by atoms with Crippen molar-refractivity contribution in [1.82, 2.24) is 18.7 Å². The highest BCUT2D eigenvalue weighted by Crippen LogP contribution is 2.29. The van der Waals surface area contributed by atoms with Crippen LogP contribution in [0.5, 0.6) is 0 Å². The van der Waals surface area contributed by atoms with Gasteiger partial charge in [-0.05, 0) is 35.6 Å². The van der Waals surface area contributed by atoms with Gasteiger partial charge in [0.1, 0.15) is 4.70 Å². The summed E-state index contributed by atoms with van der Waals surface area (Å²) >= 11 is 1.24. The van der Waals surface area contributed by atoms with E-state index in [0.717, 1.165) is 16.8 Å². The highest BCUT2D eigenvalue weighted by atomic mass is 32.1. The standard InChI is InChI=1S/C18H15F3N4O2S/c1-2-7-23-15(26)14-13(6-8-28-14)25-16(23)22-24(17(25)27)10-11-4-3-5-12(9-11)18(19,20)21/h3-6,8-9H,2,7,10H2,1H3. The van der Waals surface area contributed by atoms with Crippen LogP contribution in [0.2, 0.25) is 0 Å². The lowest BCUT2D eigenvalue weighted by atomic mass is 10.1. The lowest BCUT2D eigenvalue weighted by molar-refractivity contribution is -0.137. The van der Waals surface area contributed by atoms with E-state index in [-0.39, 0.29) is 17.9 Å². The molecule has 146 valence electrons. The van der Waals surface area contributed by atoms with Crippen molar-refractivity contribution >= 4 is 27.3 Å². The number of halogens is 3. The van der Waals surface area contributed by atoms with Crippen molar-refractivity contribution in [2.24, 2.45) is 0 Å². The van der Waals surface area contributed by atoms with Gasteiger partial charge in [0.25, 0.3) is 5.56 Å². The number of aromatic nitrogens is 4. The number of hydrogen-bond donors (Lipinski definition) is 0. The zero-order chi connectivity index (χ0) is 20.1. The number of alkyl halides is 3. The van der Waals surface area contributed by atoms with Gasteiger partial charge in [0, 0.05) is 6.54 Å². The van der Waals surface area contributed by atoms with E-state index in [0.29, 0.717) is 28.7 Å². The fourth-order valence-corrected chi connectivity index (χ4v) is 4.01. The van der Waals surface area contributed by atoms with Gasteiger partial charge in [0.05, 0.1) is 17.6 Å². The molecular formula is C18H15F3N4O2S. The predicted octanol–water partition coefficient (Wildman–Crippen LogP) is 3.35. The average Bonchev–Trinajstić information content (AvgIpc) is 3.24. The molecule has 0 radical (unpaired) electrons. The molecule has 3 aromatic heterocycles. The van der Waals surface area contributed by atoms with E-state index in [4.69, 9.17) is 0 Å². The maximum Gasteiger partial charge on any atom is 0.416 e. The summed E-state index contributed by atoms with van der Waals surface area (Å²) in [4.78, 5) is 25.6. The van der Waals surface area contributed by atoms with Gasteiger partial charge in [-0.3, -0.25) is 9.36 Å². The first kappa shape index (κ1) is 18.5. The van der Waals surface area contributed by atoms with Crippen molar-refractivity contribution in [1.29, 1.82) is 0 Å². The van der Waals surface area contributed by atoms with Crippen LogP contribution in [0.1, 0.15) is 24.5 Å². The quantitative estimate of drug-likeness (QED) is 0.520. The summed E-state index contributed by atoms with van der Waals surface area (Å²) < 4.78 is 43.2. The van der Waals surface area contributed by atoms with Crippen molar-refractivity contribution in [2.75, 3.05) is 0 Å². The van der Waals surface area contributed by atoms with E-state index < -0.39 is 17.4 Å². The molecular weight excluding hydrogens is 393 g/mol. The van der Waals surface area contributed by atoms with E-state index in [9.17, 15) is 22.8 Å². The van der Waals surface area contributed by atoms with Crippen molar-refractivity contribution in [3.05, 3.63) is 67.7 Å². The molecule has 0 aliphatic carbocycles. The van der Waals surface area contributed by atoms with Crippen LogP contribution in [0, 0.1) is 0 Å². The molecule has 0 aliphatic heterocycles. The van der Waals surface area contributed by atoms with Crippen LogP contribution >= 0.6 is 11.3 Å². The molecule has 0 unspecified atom stereocenters. The van der Waals surface area contributed by atoms with Crippen LogP contribution in [0.4, 0.5) is 13.2 Å². The summed E-state index contributed by atoms with van der Waals surface area (Å²) in [7, 11) is 0. The average molecular weight is 408 g/mol. The van der Waals surface area contributed by atoms with Crippen LogP contribution in [0.25, 0.3) is 16.0 Å². The Balaban J connectivity index is 1.90. The molecule has 0 bridgehead atoms. The first-order chi connectivity index (χ1) is 13.3. The molecule has 6 nitrogen and oxygen atoms in total. The van der Waals surface area contributed by atoms with Gasteiger partial charge in [-0.2, -0.15) is 13.2 Å². The maximum absolute atomic E-state index is 12.9. The minimum atomic E-state index is -4.47. The van der Waals surface area contributed by atoms with Crippen LogP contribution in [-0.4, -0.2) is 18.7 Å². The van der Waals surface area contributed by atoms with Gasteiger partial charge < -0.3 is 0 Å². The molecule has 4 aromatic rings. The second kappa shape index (κ2) is 6.62. The second-order valence-corrected chi connectivity index (χ2v) is 7.28. The van der Waals surface area contributed by atoms with Crippen molar-refractivity contribution < 1.29 is 13.2 Å². The van der Waals surface area contributed by atoms with E-state index in [1.54, 1.807) is 11.4 Å². The second-order valence-electron chi connectivity index (χ2n) is 6.37. The number of benzene rings is 1. The fourth-order valence-electron chi connectivity index (χ4n) is 3.18. The lowest BCUT2D eigenvalue weighted by Crippen LogP contribution is -2.25. The largest absolute Gasteiger partial charge is 0.416 e.